The van der Waals surface area contributed by atoms with E-state index in [1.807, 2.05) is 11.8 Å². The van der Waals surface area contributed by atoms with Crippen LogP contribution < -0.4 is 5.32 Å². The van der Waals surface area contributed by atoms with E-state index in [9.17, 15) is 4.79 Å². The largest absolute Gasteiger partial charge is 0.383 e. The third-order valence-corrected chi connectivity index (χ3v) is 4.58. The van der Waals surface area contributed by atoms with E-state index in [4.69, 9.17) is 4.74 Å². The zero-order valence-electron chi connectivity index (χ0n) is 11.8. The highest BCUT2D eigenvalue weighted by atomic mass is 16.5. The Balaban J connectivity index is 2.00. The number of fused-ring (bicyclic) bond motifs is 1. The normalized spacial score (nSPS) is 32.3. The molecule has 4 heteroatoms. The lowest BCUT2D eigenvalue weighted by atomic mass is 9.93. The van der Waals surface area contributed by atoms with E-state index in [0.717, 1.165) is 19.0 Å². The number of carbonyl (C=O) groups is 1. The molecule has 104 valence electrons. The topological polar surface area (TPSA) is 41.6 Å². The second-order valence-corrected chi connectivity index (χ2v) is 5.67. The molecule has 0 aromatic heterocycles. The summed E-state index contributed by atoms with van der Waals surface area (Å²) in [5.74, 6) is 1.58. The van der Waals surface area contributed by atoms with E-state index >= 15 is 0 Å². The van der Waals surface area contributed by atoms with Crippen LogP contribution in [0.3, 0.4) is 0 Å². The van der Waals surface area contributed by atoms with Crippen molar-refractivity contribution in [2.24, 2.45) is 11.8 Å². The zero-order chi connectivity index (χ0) is 13.1. The number of nitrogens with zero attached hydrogens (tertiary/aromatic N) is 1. The average Bonchev–Trinajstić information content (AvgIpc) is 2.91. The number of hydrogen-bond donors (Lipinski definition) is 1. The van der Waals surface area contributed by atoms with E-state index in [0.29, 0.717) is 12.5 Å². The maximum absolute atomic E-state index is 12.6. The molecule has 2 rings (SSSR count). The minimum absolute atomic E-state index is 0.0526. The molecule has 0 aromatic rings. The van der Waals surface area contributed by atoms with Gasteiger partial charge in [0.2, 0.25) is 5.91 Å². The lowest BCUT2D eigenvalue weighted by Crippen LogP contribution is -2.50. The van der Waals surface area contributed by atoms with Crippen molar-refractivity contribution in [1.29, 1.82) is 0 Å². The number of nitrogens with one attached hydrogen (secondary N) is 1. The standard InChI is InChI=1S/C14H26N2O2/c1-4-16(10(2)9-18-3)14(17)13-12-7-5-6-11(12)8-15-13/h10-13,15H,4-9H2,1-3H3. The number of methoxy groups -OCH3 is 1. The minimum atomic E-state index is 0.0526. The van der Waals surface area contributed by atoms with Gasteiger partial charge >= 0.3 is 0 Å². The van der Waals surface area contributed by atoms with Crippen LogP contribution in [0.5, 0.6) is 0 Å². The molecule has 1 aliphatic carbocycles. The van der Waals surface area contributed by atoms with Gasteiger partial charge < -0.3 is 15.0 Å². The van der Waals surface area contributed by atoms with Crippen LogP contribution in [0.15, 0.2) is 0 Å². The van der Waals surface area contributed by atoms with E-state index < -0.39 is 0 Å². The van der Waals surface area contributed by atoms with Crippen LogP contribution in [-0.2, 0) is 9.53 Å². The fourth-order valence-electron chi connectivity index (χ4n) is 3.65. The number of amides is 1. The van der Waals surface area contributed by atoms with Crippen LogP contribution in [0.25, 0.3) is 0 Å². The Morgan fingerprint density at radius 1 is 1.50 bits per heavy atom. The van der Waals surface area contributed by atoms with Crippen molar-refractivity contribution in [3.63, 3.8) is 0 Å². The van der Waals surface area contributed by atoms with Gasteiger partial charge in [0.15, 0.2) is 0 Å². The molecule has 1 saturated carbocycles. The summed E-state index contributed by atoms with van der Waals surface area (Å²) in [6.45, 7) is 6.51. The molecule has 1 aliphatic heterocycles. The summed E-state index contributed by atoms with van der Waals surface area (Å²) in [7, 11) is 1.69. The summed E-state index contributed by atoms with van der Waals surface area (Å²) in [5, 5.41) is 3.44. The molecule has 4 atom stereocenters. The number of hydrogen-bond acceptors (Lipinski definition) is 3. The minimum Gasteiger partial charge on any atom is -0.383 e. The Hall–Kier alpha value is -0.610. The van der Waals surface area contributed by atoms with Crippen LogP contribution >= 0.6 is 0 Å². The van der Waals surface area contributed by atoms with Gasteiger partial charge in [-0.25, -0.2) is 0 Å². The van der Waals surface area contributed by atoms with Crippen LogP contribution in [0.4, 0.5) is 0 Å². The van der Waals surface area contributed by atoms with Gasteiger partial charge in [0.25, 0.3) is 0 Å². The first-order valence-corrected chi connectivity index (χ1v) is 7.21. The lowest BCUT2D eigenvalue weighted by Gasteiger charge is -2.31. The van der Waals surface area contributed by atoms with E-state index in [2.05, 4.69) is 12.2 Å². The van der Waals surface area contributed by atoms with Crippen molar-refractivity contribution in [2.75, 3.05) is 26.8 Å². The highest BCUT2D eigenvalue weighted by Gasteiger charge is 2.44. The predicted octanol–water partition coefficient (Wildman–Crippen LogP) is 1.26. The monoisotopic (exact) mass is 254 g/mol. The average molecular weight is 254 g/mol. The van der Waals surface area contributed by atoms with Gasteiger partial charge in [-0.3, -0.25) is 4.79 Å². The quantitative estimate of drug-likeness (QED) is 0.803. The van der Waals surface area contributed by atoms with Gasteiger partial charge in [-0.05, 0) is 45.1 Å². The molecule has 1 heterocycles. The van der Waals surface area contributed by atoms with Gasteiger partial charge in [-0.15, -0.1) is 0 Å². The molecule has 2 aliphatic rings. The smallest absolute Gasteiger partial charge is 0.240 e. The number of likely N-dealkylation sites (N-methyl/N-ethyl adjacent to an activating group) is 1. The zero-order valence-corrected chi connectivity index (χ0v) is 11.8. The highest BCUT2D eigenvalue weighted by molar-refractivity contribution is 5.83. The van der Waals surface area contributed by atoms with Crippen molar-refractivity contribution in [2.45, 2.75) is 45.2 Å². The molecule has 0 aromatic carbocycles. The first-order chi connectivity index (χ1) is 8.69. The Morgan fingerprint density at radius 2 is 2.28 bits per heavy atom. The Morgan fingerprint density at radius 3 is 2.94 bits per heavy atom. The summed E-state index contributed by atoms with van der Waals surface area (Å²) in [5.41, 5.74) is 0. The predicted molar refractivity (Wildman–Crippen MR) is 71.3 cm³/mol. The third kappa shape index (κ3) is 2.54. The summed E-state index contributed by atoms with van der Waals surface area (Å²) in [4.78, 5) is 14.6. The fourth-order valence-corrected chi connectivity index (χ4v) is 3.65. The molecule has 0 bridgehead atoms. The van der Waals surface area contributed by atoms with Crippen molar-refractivity contribution in [3.05, 3.63) is 0 Å². The SMILES string of the molecule is CCN(C(=O)C1NCC2CCCC21)C(C)COC. The summed E-state index contributed by atoms with van der Waals surface area (Å²) >= 11 is 0. The fraction of sp³-hybridized carbons (Fsp3) is 0.929. The van der Waals surface area contributed by atoms with E-state index in [1.54, 1.807) is 7.11 Å². The van der Waals surface area contributed by atoms with Gasteiger partial charge in [0, 0.05) is 13.7 Å². The summed E-state index contributed by atoms with van der Waals surface area (Å²) < 4.78 is 5.17. The molecule has 1 saturated heterocycles. The molecule has 2 fully saturated rings. The van der Waals surface area contributed by atoms with Crippen molar-refractivity contribution < 1.29 is 9.53 Å². The molecule has 1 N–H and O–H groups in total. The molecule has 1 amide bonds. The van der Waals surface area contributed by atoms with Gasteiger partial charge in [0.1, 0.15) is 0 Å². The first kappa shape index (κ1) is 13.8. The Labute approximate surface area is 110 Å². The summed E-state index contributed by atoms with van der Waals surface area (Å²) in [6, 6.07) is 0.214. The molecular formula is C14H26N2O2. The molecule has 0 radical (unpaired) electrons. The number of carbonyl (C=O) groups excluding carboxylic acids is 1. The molecule has 4 nitrogen and oxygen atoms in total. The molecule has 0 spiro atoms. The molecular weight excluding hydrogens is 228 g/mol. The van der Waals surface area contributed by atoms with Crippen molar-refractivity contribution in [3.8, 4) is 0 Å². The second-order valence-electron chi connectivity index (χ2n) is 5.67. The van der Waals surface area contributed by atoms with Crippen LogP contribution in [0, 0.1) is 11.8 Å². The first-order valence-electron chi connectivity index (χ1n) is 7.21. The van der Waals surface area contributed by atoms with Crippen LogP contribution in [0.1, 0.15) is 33.1 Å². The van der Waals surface area contributed by atoms with E-state index in [1.165, 1.54) is 19.3 Å². The highest BCUT2D eigenvalue weighted by Crippen LogP contribution is 2.38. The second kappa shape index (κ2) is 6.02. The maximum atomic E-state index is 12.6. The Kier molecular flexibility index (Phi) is 4.62. The third-order valence-electron chi connectivity index (χ3n) is 4.58. The van der Waals surface area contributed by atoms with E-state index in [-0.39, 0.29) is 18.0 Å². The van der Waals surface area contributed by atoms with Gasteiger partial charge in [0.05, 0.1) is 18.7 Å². The Bertz CT molecular complexity index is 296. The van der Waals surface area contributed by atoms with Gasteiger partial charge in [-0.1, -0.05) is 6.42 Å². The summed E-state index contributed by atoms with van der Waals surface area (Å²) in [6.07, 6.45) is 3.80. The van der Waals surface area contributed by atoms with Crippen molar-refractivity contribution >= 4 is 5.91 Å². The maximum Gasteiger partial charge on any atom is 0.240 e. The van der Waals surface area contributed by atoms with Gasteiger partial charge in [-0.2, -0.15) is 0 Å². The molecule has 4 unspecified atom stereocenters. The number of rotatable bonds is 5. The molecule has 18 heavy (non-hydrogen) atoms. The van der Waals surface area contributed by atoms with Crippen LogP contribution in [-0.4, -0.2) is 49.7 Å². The van der Waals surface area contributed by atoms with Crippen LogP contribution in [0.2, 0.25) is 0 Å². The number of ether oxygens (including phenoxy) is 1. The van der Waals surface area contributed by atoms with Crippen molar-refractivity contribution in [1.82, 2.24) is 10.2 Å². The lowest BCUT2D eigenvalue weighted by molar-refractivity contribution is -0.137.